The van der Waals surface area contributed by atoms with E-state index in [1.54, 1.807) is 0 Å². The van der Waals surface area contributed by atoms with Crippen LogP contribution in [0.5, 0.6) is 0 Å². The number of nitrogens with two attached hydrogens (primary N) is 1. The first-order valence-electron chi connectivity index (χ1n) is 5.05. The van der Waals surface area contributed by atoms with E-state index in [9.17, 15) is 0 Å². The Hall–Kier alpha value is -1.51. The van der Waals surface area contributed by atoms with Gasteiger partial charge in [-0.15, -0.1) is 0 Å². The maximum atomic E-state index is 5.73. The fourth-order valence-corrected chi connectivity index (χ4v) is 2.41. The topological polar surface area (TPSA) is 50.4 Å². The van der Waals surface area contributed by atoms with Gasteiger partial charge >= 0.3 is 0 Å². The van der Waals surface area contributed by atoms with Crippen molar-refractivity contribution in [3.05, 3.63) is 35.1 Å². The predicted octanol–water partition coefficient (Wildman–Crippen LogP) is 1.21. The lowest BCUT2D eigenvalue weighted by Gasteiger charge is -2.32. The fraction of sp³-hybridized carbons (Fsp3) is 0.364. The van der Waals surface area contributed by atoms with Gasteiger partial charge in [0.15, 0.2) is 5.96 Å². The molecule has 3 nitrogen and oxygen atoms in total. The number of nitrogens with zero attached hydrogens (tertiary/aromatic N) is 1. The second-order valence-electron chi connectivity index (χ2n) is 3.91. The summed E-state index contributed by atoms with van der Waals surface area (Å²) >= 11 is 0. The molecule has 0 aromatic heterocycles. The molecule has 3 aliphatic rings. The Morgan fingerprint density at radius 2 is 2.36 bits per heavy atom. The highest BCUT2D eigenvalue weighted by atomic mass is 15.1. The lowest BCUT2D eigenvalue weighted by atomic mass is 9.83. The molecular weight excluding hydrogens is 174 g/mol. The number of hydrogen-bond acceptors (Lipinski definition) is 3. The SMILES string of the molecule is NC1=NC2C=CC=C3CCCC(=C32)N1. The molecule has 0 aromatic rings. The standard InChI is InChI=1S/C11H13N3/c12-11-13-8-5-1-3-7-4-2-6-9(14-11)10(7)8/h1,3,5,8H,2,4,6H2,(H3,12,13,14). The third-order valence-corrected chi connectivity index (χ3v) is 2.99. The molecular formula is C11H13N3. The van der Waals surface area contributed by atoms with Crippen LogP contribution in [0.25, 0.3) is 0 Å². The Balaban J connectivity index is 2.12. The number of hydrogen-bond donors (Lipinski definition) is 2. The van der Waals surface area contributed by atoms with Gasteiger partial charge in [-0.1, -0.05) is 18.2 Å². The number of guanidine groups is 1. The van der Waals surface area contributed by atoms with Crippen LogP contribution in [0, 0.1) is 0 Å². The summed E-state index contributed by atoms with van der Waals surface area (Å²) in [6.45, 7) is 0. The Morgan fingerprint density at radius 3 is 3.29 bits per heavy atom. The van der Waals surface area contributed by atoms with Crippen molar-refractivity contribution in [2.75, 3.05) is 0 Å². The lowest BCUT2D eigenvalue weighted by Crippen LogP contribution is -2.39. The summed E-state index contributed by atoms with van der Waals surface area (Å²) in [5, 5.41) is 3.18. The summed E-state index contributed by atoms with van der Waals surface area (Å²) in [4.78, 5) is 4.38. The first-order valence-corrected chi connectivity index (χ1v) is 5.05. The first kappa shape index (κ1) is 7.85. The maximum Gasteiger partial charge on any atom is 0.193 e. The van der Waals surface area contributed by atoms with Gasteiger partial charge in [0.25, 0.3) is 0 Å². The third-order valence-electron chi connectivity index (χ3n) is 2.99. The van der Waals surface area contributed by atoms with Crippen LogP contribution in [-0.4, -0.2) is 12.0 Å². The van der Waals surface area contributed by atoms with Crippen LogP contribution < -0.4 is 11.1 Å². The highest BCUT2D eigenvalue weighted by molar-refractivity contribution is 5.82. The molecule has 14 heavy (non-hydrogen) atoms. The first-order chi connectivity index (χ1) is 6.84. The Labute approximate surface area is 83.1 Å². The van der Waals surface area contributed by atoms with E-state index in [1.165, 1.54) is 29.7 Å². The zero-order valence-electron chi connectivity index (χ0n) is 7.96. The predicted molar refractivity (Wildman–Crippen MR) is 56.6 cm³/mol. The van der Waals surface area contributed by atoms with Gasteiger partial charge < -0.3 is 11.1 Å². The van der Waals surface area contributed by atoms with Crippen molar-refractivity contribution in [3.63, 3.8) is 0 Å². The van der Waals surface area contributed by atoms with Gasteiger partial charge in [0.1, 0.15) is 0 Å². The minimum atomic E-state index is 0.173. The number of allylic oxidation sites excluding steroid dienone is 3. The molecule has 1 atom stereocenters. The maximum absolute atomic E-state index is 5.73. The van der Waals surface area contributed by atoms with Gasteiger partial charge in [-0.3, -0.25) is 0 Å². The van der Waals surface area contributed by atoms with Crippen LogP contribution in [0.15, 0.2) is 40.1 Å². The minimum absolute atomic E-state index is 0.173. The van der Waals surface area contributed by atoms with Gasteiger partial charge in [-0.2, -0.15) is 0 Å². The van der Waals surface area contributed by atoms with E-state index in [2.05, 4.69) is 28.5 Å². The van der Waals surface area contributed by atoms with E-state index < -0.39 is 0 Å². The molecule has 0 aromatic carbocycles. The zero-order valence-corrected chi connectivity index (χ0v) is 7.96. The summed E-state index contributed by atoms with van der Waals surface area (Å²) in [5.41, 5.74) is 9.81. The Morgan fingerprint density at radius 1 is 1.43 bits per heavy atom. The summed E-state index contributed by atoms with van der Waals surface area (Å²) in [6, 6.07) is 0.173. The number of nitrogens with one attached hydrogen (secondary N) is 1. The highest BCUT2D eigenvalue weighted by Gasteiger charge is 2.28. The lowest BCUT2D eigenvalue weighted by molar-refractivity contribution is 0.683. The van der Waals surface area contributed by atoms with Crippen LogP contribution in [0.2, 0.25) is 0 Å². The third kappa shape index (κ3) is 1.02. The molecule has 72 valence electrons. The molecule has 0 bridgehead atoms. The van der Waals surface area contributed by atoms with E-state index in [1.807, 2.05) is 0 Å². The molecule has 1 heterocycles. The van der Waals surface area contributed by atoms with Crippen molar-refractivity contribution in [1.82, 2.24) is 5.32 Å². The quantitative estimate of drug-likeness (QED) is 0.599. The molecule has 1 aliphatic heterocycles. The minimum Gasteiger partial charge on any atom is -0.370 e. The van der Waals surface area contributed by atoms with Crippen molar-refractivity contribution >= 4 is 5.96 Å². The number of rotatable bonds is 0. The summed E-state index contributed by atoms with van der Waals surface area (Å²) in [6.07, 6.45) is 9.89. The van der Waals surface area contributed by atoms with Crippen LogP contribution in [0.4, 0.5) is 0 Å². The summed E-state index contributed by atoms with van der Waals surface area (Å²) in [5.74, 6) is 0.557. The van der Waals surface area contributed by atoms with Crippen LogP contribution in [0.3, 0.4) is 0 Å². The average molecular weight is 187 g/mol. The molecule has 3 N–H and O–H groups in total. The second-order valence-corrected chi connectivity index (χ2v) is 3.91. The van der Waals surface area contributed by atoms with E-state index >= 15 is 0 Å². The smallest absolute Gasteiger partial charge is 0.193 e. The van der Waals surface area contributed by atoms with Crippen molar-refractivity contribution in [2.45, 2.75) is 25.3 Å². The molecule has 0 radical (unpaired) electrons. The van der Waals surface area contributed by atoms with Crippen molar-refractivity contribution < 1.29 is 0 Å². The molecule has 0 saturated carbocycles. The largest absolute Gasteiger partial charge is 0.370 e. The van der Waals surface area contributed by atoms with Crippen molar-refractivity contribution in [2.24, 2.45) is 10.7 Å². The van der Waals surface area contributed by atoms with Gasteiger partial charge in [0, 0.05) is 11.3 Å². The van der Waals surface area contributed by atoms with Gasteiger partial charge in [0.2, 0.25) is 0 Å². The average Bonchev–Trinajstić information content (AvgIpc) is 2.18. The molecule has 3 rings (SSSR count). The van der Waals surface area contributed by atoms with E-state index in [-0.39, 0.29) is 6.04 Å². The van der Waals surface area contributed by atoms with Crippen molar-refractivity contribution in [3.8, 4) is 0 Å². The molecule has 1 unspecified atom stereocenters. The molecule has 0 spiro atoms. The molecule has 0 amide bonds. The second kappa shape index (κ2) is 2.74. The highest BCUT2D eigenvalue weighted by Crippen LogP contribution is 2.35. The Kier molecular flexibility index (Phi) is 1.54. The van der Waals surface area contributed by atoms with E-state index in [0.717, 1.165) is 6.42 Å². The molecule has 3 heteroatoms. The van der Waals surface area contributed by atoms with E-state index in [4.69, 9.17) is 5.73 Å². The summed E-state index contributed by atoms with van der Waals surface area (Å²) < 4.78 is 0. The van der Waals surface area contributed by atoms with Gasteiger partial charge in [-0.25, -0.2) is 4.99 Å². The molecule has 2 aliphatic carbocycles. The van der Waals surface area contributed by atoms with Crippen LogP contribution in [0.1, 0.15) is 19.3 Å². The zero-order chi connectivity index (χ0) is 9.54. The van der Waals surface area contributed by atoms with Crippen LogP contribution >= 0.6 is 0 Å². The number of aliphatic imine (C=N–C) groups is 1. The molecule has 0 fully saturated rings. The van der Waals surface area contributed by atoms with Gasteiger partial charge in [-0.05, 0) is 24.8 Å². The monoisotopic (exact) mass is 187 g/mol. The summed E-state index contributed by atoms with van der Waals surface area (Å²) in [7, 11) is 0. The van der Waals surface area contributed by atoms with Gasteiger partial charge in [0.05, 0.1) is 6.04 Å². The fourth-order valence-electron chi connectivity index (χ4n) is 2.41. The van der Waals surface area contributed by atoms with Crippen molar-refractivity contribution in [1.29, 1.82) is 0 Å². The Bertz CT molecular complexity index is 399. The normalized spacial score (nSPS) is 29.0. The van der Waals surface area contributed by atoms with E-state index in [0.29, 0.717) is 5.96 Å². The van der Waals surface area contributed by atoms with Crippen LogP contribution in [-0.2, 0) is 0 Å². The molecule has 0 saturated heterocycles.